The Morgan fingerprint density at radius 2 is 2.17 bits per heavy atom. The molecule has 92 valence electrons. The number of amides is 1. The second-order valence-electron chi connectivity index (χ2n) is 3.40. The molecule has 6 nitrogen and oxygen atoms in total. The molecule has 0 atom stereocenters. The van der Waals surface area contributed by atoms with Gasteiger partial charge in [-0.3, -0.25) is 10.1 Å². The lowest BCUT2D eigenvalue weighted by atomic mass is 10.1. The van der Waals surface area contributed by atoms with Crippen LogP contribution < -0.4 is 11.1 Å². The van der Waals surface area contributed by atoms with Crippen molar-refractivity contribution < 1.29 is 9.90 Å². The molecule has 0 aliphatic heterocycles. The zero-order valence-corrected chi connectivity index (χ0v) is 9.85. The van der Waals surface area contributed by atoms with E-state index in [9.17, 15) is 9.90 Å². The van der Waals surface area contributed by atoms with E-state index in [2.05, 4.69) is 15.3 Å². The summed E-state index contributed by atoms with van der Waals surface area (Å²) in [6.07, 6.45) is 1.41. The Morgan fingerprint density at radius 1 is 1.39 bits per heavy atom. The fraction of sp³-hybridized carbons (Fsp3) is 0. The van der Waals surface area contributed by atoms with E-state index in [1.807, 2.05) is 0 Å². The van der Waals surface area contributed by atoms with Crippen molar-refractivity contribution in [2.24, 2.45) is 0 Å². The number of nitrogens with two attached hydrogens (primary N) is 1. The molecule has 0 spiro atoms. The molecule has 2 rings (SSSR count). The van der Waals surface area contributed by atoms with Crippen molar-refractivity contribution in [1.82, 2.24) is 9.97 Å². The number of nitrogens with one attached hydrogen (secondary N) is 1. The molecule has 0 unspecified atom stereocenters. The summed E-state index contributed by atoms with van der Waals surface area (Å²) >= 11 is 5.66. The molecule has 4 N–H and O–H groups in total. The number of aromatic nitrogens is 2. The summed E-state index contributed by atoms with van der Waals surface area (Å²) in [5, 5.41) is 12.3. The summed E-state index contributed by atoms with van der Waals surface area (Å²) in [6, 6.07) is 5.96. The summed E-state index contributed by atoms with van der Waals surface area (Å²) < 4.78 is 0. The summed E-state index contributed by atoms with van der Waals surface area (Å²) in [4.78, 5) is 19.5. The maximum absolute atomic E-state index is 11.8. The maximum atomic E-state index is 11.8. The highest BCUT2D eigenvalue weighted by Crippen LogP contribution is 2.24. The van der Waals surface area contributed by atoms with E-state index in [-0.39, 0.29) is 28.1 Å². The minimum Gasteiger partial charge on any atom is -0.505 e. The van der Waals surface area contributed by atoms with Crippen molar-refractivity contribution >= 4 is 29.1 Å². The van der Waals surface area contributed by atoms with Crippen LogP contribution in [0.5, 0.6) is 5.75 Å². The molecular weight excluding hydrogens is 256 g/mol. The van der Waals surface area contributed by atoms with Gasteiger partial charge in [0.05, 0.1) is 11.3 Å². The first-order chi connectivity index (χ1) is 8.58. The number of hydrogen-bond acceptors (Lipinski definition) is 5. The van der Waals surface area contributed by atoms with Crippen LogP contribution in [-0.4, -0.2) is 21.0 Å². The van der Waals surface area contributed by atoms with Gasteiger partial charge in [0.1, 0.15) is 5.15 Å². The van der Waals surface area contributed by atoms with E-state index in [1.54, 1.807) is 6.07 Å². The number of carbonyl (C=O) groups is 1. The highest BCUT2D eigenvalue weighted by Gasteiger charge is 2.14. The Balaban J connectivity index is 2.25. The normalized spacial score (nSPS) is 10.1. The SMILES string of the molecule is Nc1cccc(C(=O)Nc2nccc(Cl)n2)c1O. The van der Waals surface area contributed by atoms with Crippen LogP contribution in [-0.2, 0) is 0 Å². The van der Waals surface area contributed by atoms with Gasteiger partial charge in [-0.05, 0) is 18.2 Å². The van der Waals surface area contributed by atoms with Crippen molar-refractivity contribution in [2.75, 3.05) is 11.1 Å². The molecule has 0 aliphatic rings. The van der Waals surface area contributed by atoms with Crippen molar-refractivity contribution in [2.45, 2.75) is 0 Å². The van der Waals surface area contributed by atoms with E-state index in [0.29, 0.717) is 0 Å². The number of phenolic OH excluding ortho intramolecular Hbond substituents is 1. The number of para-hydroxylation sites is 1. The lowest BCUT2D eigenvalue weighted by Crippen LogP contribution is -2.14. The first-order valence-corrected chi connectivity index (χ1v) is 5.33. The van der Waals surface area contributed by atoms with Crippen LogP contribution in [0.2, 0.25) is 5.15 Å². The van der Waals surface area contributed by atoms with Crippen LogP contribution in [0.25, 0.3) is 0 Å². The fourth-order valence-electron chi connectivity index (χ4n) is 1.31. The second-order valence-corrected chi connectivity index (χ2v) is 3.79. The Labute approximate surface area is 107 Å². The molecule has 1 amide bonds. The number of rotatable bonds is 2. The molecule has 0 saturated carbocycles. The molecular formula is C11H9ClN4O2. The van der Waals surface area contributed by atoms with Gasteiger partial charge in [-0.25, -0.2) is 9.97 Å². The van der Waals surface area contributed by atoms with Crippen LogP contribution in [0.3, 0.4) is 0 Å². The first kappa shape index (κ1) is 12.1. The van der Waals surface area contributed by atoms with Crippen molar-refractivity contribution in [3.05, 3.63) is 41.2 Å². The lowest BCUT2D eigenvalue weighted by molar-refractivity contribution is 0.102. The Hall–Kier alpha value is -2.34. The summed E-state index contributed by atoms with van der Waals surface area (Å²) in [6.45, 7) is 0. The Kier molecular flexibility index (Phi) is 3.29. The number of nitrogens with zero attached hydrogens (tertiary/aromatic N) is 2. The van der Waals surface area contributed by atoms with E-state index >= 15 is 0 Å². The van der Waals surface area contributed by atoms with E-state index in [1.165, 1.54) is 24.4 Å². The van der Waals surface area contributed by atoms with Gasteiger partial charge in [-0.1, -0.05) is 17.7 Å². The van der Waals surface area contributed by atoms with E-state index < -0.39 is 5.91 Å². The predicted octanol–water partition coefficient (Wildman–Crippen LogP) is 1.67. The van der Waals surface area contributed by atoms with Crippen molar-refractivity contribution in [1.29, 1.82) is 0 Å². The van der Waals surface area contributed by atoms with E-state index in [4.69, 9.17) is 17.3 Å². The van der Waals surface area contributed by atoms with Gasteiger partial charge in [-0.15, -0.1) is 0 Å². The Bertz CT molecular complexity index is 603. The summed E-state index contributed by atoms with van der Waals surface area (Å²) in [5.41, 5.74) is 5.65. The van der Waals surface area contributed by atoms with Gasteiger partial charge in [0.2, 0.25) is 5.95 Å². The number of carbonyl (C=O) groups excluding carboxylic acids is 1. The van der Waals surface area contributed by atoms with Crippen molar-refractivity contribution in [3.8, 4) is 5.75 Å². The number of hydrogen-bond donors (Lipinski definition) is 3. The lowest BCUT2D eigenvalue weighted by Gasteiger charge is -2.06. The highest BCUT2D eigenvalue weighted by atomic mass is 35.5. The van der Waals surface area contributed by atoms with Gasteiger partial charge in [0, 0.05) is 6.20 Å². The summed E-state index contributed by atoms with van der Waals surface area (Å²) in [5.74, 6) is -0.798. The third-order valence-electron chi connectivity index (χ3n) is 2.16. The number of phenols is 1. The predicted molar refractivity (Wildman–Crippen MR) is 67.5 cm³/mol. The number of benzene rings is 1. The number of aromatic hydroxyl groups is 1. The number of anilines is 2. The van der Waals surface area contributed by atoms with Crippen LogP contribution >= 0.6 is 11.6 Å². The number of nitrogen functional groups attached to an aromatic ring is 1. The van der Waals surface area contributed by atoms with Crippen molar-refractivity contribution in [3.63, 3.8) is 0 Å². The average molecular weight is 265 g/mol. The largest absolute Gasteiger partial charge is 0.505 e. The third-order valence-corrected chi connectivity index (χ3v) is 2.37. The molecule has 1 heterocycles. The molecule has 2 aromatic rings. The molecule has 18 heavy (non-hydrogen) atoms. The van der Waals surface area contributed by atoms with Gasteiger partial charge in [0.15, 0.2) is 5.75 Å². The maximum Gasteiger partial charge on any atom is 0.261 e. The second kappa shape index (κ2) is 4.89. The zero-order valence-electron chi connectivity index (χ0n) is 9.09. The van der Waals surface area contributed by atoms with Gasteiger partial charge < -0.3 is 10.8 Å². The first-order valence-electron chi connectivity index (χ1n) is 4.95. The van der Waals surface area contributed by atoms with Gasteiger partial charge >= 0.3 is 0 Å². The molecule has 1 aromatic carbocycles. The van der Waals surface area contributed by atoms with Gasteiger partial charge in [0.25, 0.3) is 5.91 Å². The topological polar surface area (TPSA) is 101 Å². The number of halogens is 1. The Morgan fingerprint density at radius 3 is 2.89 bits per heavy atom. The molecule has 0 bridgehead atoms. The molecule has 0 fully saturated rings. The molecule has 0 radical (unpaired) electrons. The van der Waals surface area contributed by atoms with Crippen LogP contribution in [0, 0.1) is 0 Å². The minimum absolute atomic E-state index is 0.0403. The molecule has 7 heteroatoms. The van der Waals surface area contributed by atoms with Crippen LogP contribution in [0.1, 0.15) is 10.4 Å². The molecule has 0 saturated heterocycles. The van der Waals surface area contributed by atoms with Crippen LogP contribution in [0.15, 0.2) is 30.5 Å². The average Bonchev–Trinajstić information content (AvgIpc) is 2.32. The fourth-order valence-corrected chi connectivity index (χ4v) is 1.45. The third kappa shape index (κ3) is 2.49. The standard InChI is InChI=1S/C11H9ClN4O2/c12-8-4-5-14-11(15-8)16-10(18)6-2-1-3-7(13)9(6)17/h1-5,17H,13H2,(H,14,15,16,18). The quantitative estimate of drug-likeness (QED) is 0.435. The molecule has 1 aromatic heterocycles. The monoisotopic (exact) mass is 264 g/mol. The minimum atomic E-state index is -0.568. The smallest absolute Gasteiger partial charge is 0.261 e. The highest BCUT2D eigenvalue weighted by molar-refractivity contribution is 6.29. The van der Waals surface area contributed by atoms with Gasteiger partial charge in [-0.2, -0.15) is 0 Å². The van der Waals surface area contributed by atoms with Crippen LogP contribution in [0.4, 0.5) is 11.6 Å². The van der Waals surface area contributed by atoms with E-state index in [0.717, 1.165) is 0 Å². The zero-order chi connectivity index (χ0) is 13.1. The summed E-state index contributed by atoms with van der Waals surface area (Å²) in [7, 11) is 0. The molecule has 0 aliphatic carbocycles.